The fourth-order valence-electron chi connectivity index (χ4n) is 3.47. The summed E-state index contributed by atoms with van der Waals surface area (Å²) < 4.78 is 7.50. The molecule has 2 aromatic carbocycles. The number of aromatic amines is 1. The van der Waals surface area contributed by atoms with Gasteiger partial charge < -0.3 is 9.72 Å². The number of rotatable bonds is 6. The molecule has 1 heterocycles. The van der Waals surface area contributed by atoms with Gasteiger partial charge >= 0.3 is 11.7 Å². The minimum absolute atomic E-state index is 0.110. The number of ether oxygens (including phenoxy) is 1. The molecule has 7 heteroatoms. The van der Waals surface area contributed by atoms with Crippen LogP contribution in [0.2, 0.25) is 0 Å². The smallest absolute Gasteiger partial charge is 0.328 e. The normalized spacial score (nSPS) is 18.2. The third kappa shape index (κ3) is 3.80. The molecule has 1 N–H and O–H groups in total. The molecule has 0 spiro atoms. The molecule has 28 heavy (non-hydrogen) atoms. The second-order valence-corrected chi connectivity index (χ2v) is 7.87. The van der Waals surface area contributed by atoms with E-state index in [4.69, 9.17) is 4.74 Å². The van der Waals surface area contributed by atoms with Crippen LogP contribution in [0.15, 0.2) is 62.6 Å². The Bertz CT molecular complexity index is 1150. The number of fused-ring (bicyclic) bond motifs is 1. The van der Waals surface area contributed by atoms with Crippen molar-refractivity contribution in [1.29, 1.82) is 0 Å². The number of para-hydroxylation sites is 1. The summed E-state index contributed by atoms with van der Waals surface area (Å²) in [7, 11) is 0. The molecule has 0 aliphatic heterocycles. The maximum Gasteiger partial charge on any atom is 0.328 e. The Hall–Kier alpha value is -2.67. The standard InChI is InChI=1S/C21H19BrN2O4/c22-14-6-3-5-13(11-14)16-12-17(16)20(26)28-10-4-9-24-19(25)15-7-1-2-8-18(15)23-21(24)27/h1-3,5-8,11,16-17H,4,9-10,12H2,(H,23,27). The highest BCUT2D eigenvalue weighted by molar-refractivity contribution is 9.10. The zero-order chi connectivity index (χ0) is 19.7. The van der Waals surface area contributed by atoms with Gasteiger partial charge in [-0.15, -0.1) is 0 Å². The monoisotopic (exact) mass is 442 g/mol. The molecule has 0 amide bonds. The third-order valence-corrected chi connectivity index (χ3v) is 5.52. The van der Waals surface area contributed by atoms with E-state index in [-0.39, 0.29) is 36.5 Å². The molecule has 2 unspecified atom stereocenters. The highest BCUT2D eigenvalue weighted by Gasteiger charge is 2.45. The number of carbonyl (C=O) groups excluding carboxylic acids is 1. The molecule has 1 saturated carbocycles. The van der Waals surface area contributed by atoms with Gasteiger partial charge in [-0.2, -0.15) is 0 Å². The molecule has 0 saturated heterocycles. The van der Waals surface area contributed by atoms with E-state index in [1.165, 1.54) is 0 Å². The molecule has 2 atom stereocenters. The van der Waals surface area contributed by atoms with E-state index in [0.29, 0.717) is 17.3 Å². The van der Waals surface area contributed by atoms with E-state index in [0.717, 1.165) is 21.0 Å². The predicted molar refractivity (Wildman–Crippen MR) is 109 cm³/mol. The van der Waals surface area contributed by atoms with Crippen molar-refractivity contribution in [3.05, 3.63) is 79.4 Å². The van der Waals surface area contributed by atoms with Crippen molar-refractivity contribution in [3.8, 4) is 0 Å². The largest absolute Gasteiger partial charge is 0.465 e. The van der Waals surface area contributed by atoms with E-state index in [1.807, 2.05) is 24.3 Å². The molecular formula is C21H19BrN2O4. The summed E-state index contributed by atoms with van der Waals surface area (Å²) in [5.74, 6) is -0.123. The highest BCUT2D eigenvalue weighted by atomic mass is 79.9. The lowest BCUT2D eigenvalue weighted by Gasteiger charge is -2.07. The molecule has 0 bridgehead atoms. The third-order valence-electron chi connectivity index (χ3n) is 5.03. The maximum atomic E-state index is 12.5. The highest BCUT2D eigenvalue weighted by Crippen LogP contribution is 2.48. The Morgan fingerprint density at radius 3 is 2.82 bits per heavy atom. The fourth-order valence-corrected chi connectivity index (χ4v) is 3.88. The number of carbonyl (C=O) groups is 1. The molecule has 1 aromatic heterocycles. The number of esters is 1. The van der Waals surface area contributed by atoms with Crippen LogP contribution >= 0.6 is 15.9 Å². The Kier molecular flexibility index (Phi) is 5.17. The van der Waals surface area contributed by atoms with E-state index in [2.05, 4.69) is 20.9 Å². The minimum Gasteiger partial charge on any atom is -0.465 e. The summed E-state index contributed by atoms with van der Waals surface area (Å²) in [5.41, 5.74) is 0.868. The number of nitrogens with one attached hydrogen (secondary N) is 1. The summed E-state index contributed by atoms with van der Waals surface area (Å²) in [6.45, 7) is 0.380. The van der Waals surface area contributed by atoms with Crippen LogP contribution in [0.1, 0.15) is 24.3 Å². The molecule has 3 aromatic rings. The van der Waals surface area contributed by atoms with Gasteiger partial charge in [0.25, 0.3) is 5.56 Å². The zero-order valence-electron chi connectivity index (χ0n) is 15.1. The Labute approximate surface area is 169 Å². The van der Waals surface area contributed by atoms with Crippen LogP contribution < -0.4 is 11.2 Å². The average Bonchev–Trinajstić information content (AvgIpc) is 3.48. The van der Waals surface area contributed by atoms with Crippen molar-refractivity contribution in [2.24, 2.45) is 5.92 Å². The van der Waals surface area contributed by atoms with E-state index in [9.17, 15) is 14.4 Å². The number of nitrogens with zero attached hydrogens (tertiary/aromatic N) is 1. The van der Waals surface area contributed by atoms with Crippen LogP contribution in [0.5, 0.6) is 0 Å². The van der Waals surface area contributed by atoms with Crippen LogP contribution in [-0.4, -0.2) is 22.1 Å². The molecule has 1 aliphatic rings. The lowest BCUT2D eigenvalue weighted by Crippen LogP contribution is -2.35. The molecule has 0 radical (unpaired) electrons. The fraction of sp³-hybridized carbons (Fsp3) is 0.286. The Morgan fingerprint density at radius 1 is 1.18 bits per heavy atom. The van der Waals surface area contributed by atoms with Gasteiger partial charge in [0.1, 0.15) is 0 Å². The summed E-state index contributed by atoms with van der Waals surface area (Å²) >= 11 is 3.44. The first-order valence-corrected chi connectivity index (χ1v) is 9.98. The zero-order valence-corrected chi connectivity index (χ0v) is 16.6. The average molecular weight is 443 g/mol. The SMILES string of the molecule is O=C(OCCCn1c(=O)[nH]c2ccccc2c1=O)C1CC1c1cccc(Br)c1. The van der Waals surface area contributed by atoms with Crippen LogP contribution in [-0.2, 0) is 16.1 Å². The van der Waals surface area contributed by atoms with E-state index in [1.54, 1.807) is 24.3 Å². The van der Waals surface area contributed by atoms with E-state index >= 15 is 0 Å². The lowest BCUT2D eigenvalue weighted by molar-refractivity contribution is -0.145. The Morgan fingerprint density at radius 2 is 2.00 bits per heavy atom. The van der Waals surface area contributed by atoms with Crippen LogP contribution in [0.3, 0.4) is 0 Å². The predicted octanol–water partition coefficient (Wildman–Crippen LogP) is 3.19. The van der Waals surface area contributed by atoms with Gasteiger partial charge in [0.05, 0.1) is 23.4 Å². The summed E-state index contributed by atoms with van der Waals surface area (Å²) in [6.07, 6.45) is 1.19. The quantitative estimate of drug-likeness (QED) is 0.469. The van der Waals surface area contributed by atoms with Crippen molar-refractivity contribution in [1.82, 2.24) is 9.55 Å². The van der Waals surface area contributed by atoms with Gasteiger partial charge in [-0.05, 0) is 48.6 Å². The van der Waals surface area contributed by atoms with Gasteiger partial charge in [0, 0.05) is 11.0 Å². The number of halogens is 1. The first kappa shape index (κ1) is 18.7. The van der Waals surface area contributed by atoms with Gasteiger partial charge in [-0.3, -0.25) is 14.2 Å². The van der Waals surface area contributed by atoms with Crippen molar-refractivity contribution < 1.29 is 9.53 Å². The number of H-pyrrole nitrogens is 1. The number of hydrogen-bond donors (Lipinski definition) is 1. The summed E-state index contributed by atoms with van der Waals surface area (Å²) in [4.78, 5) is 39.5. The number of aromatic nitrogens is 2. The molecule has 1 aliphatic carbocycles. The first-order chi connectivity index (χ1) is 13.5. The molecule has 6 nitrogen and oxygen atoms in total. The van der Waals surface area contributed by atoms with Gasteiger partial charge in [-0.1, -0.05) is 40.2 Å². The minimum atomic E-state index is -0.452. The van der Waals surface area contributed by atoms with E-state index < -0.39 is 5.69 Å². The topological polar surface area (TPSA) is 81.2 Å². The molecular weight excluding hydrogens is 424 g/mol. The van der Waals surface area contributed by atoms with Gasteiger partial charge in [0.15, 0.2) is 0 Å². The molecule has 4 rings (SSSR count). The summed E-state index contributed by atoms with van der Waals surface area (Å²) in [6, 6.07) is 14.8. The molecule has 1 fully saturated rings. The number of hydrogen-bond acceptors (Lipinski definition) is 4. The second kappa shape index (κ2) is 7.75. The van der Waals surface area contributed by atoms with Crippen molar-refractivity contribution in [2.75, 3.05) is 6.61 Å². The van der Waals surface area contributed by atoms with Gasteiger partial charge in [-0.25, -0.2) is 4.79 Å². The first-order valence-electron chi connectivity index (χ1n) is 9.18. The van der Waals surface area contributed by atoms with Gasteiger partial charge in [0.2, 0.25) is 0 Å². The van der Waals surface area contributed by atoms with Crippen LogP contribution in [0.25, 0.3) is 10.9 Å². The van der Waals surface area contributed by atoms with Crippen LogP contribution in [0, 0.1) is 5.92 Å². The van der Waals surface area contributed by atoms with Crippen molar-refractivity contribution in [2.45, 2.75) is 25.3 Å². The maximum absolute atomic E-state index is 12.5. The Balaban J connectivity index is 1.32. The van der Waals surface area contributed by atoms with Crippen molar-refractivity contribution in [3.63, 3.8) is 0 Å². The second-order valence-electron chi connectivity index (χ2n) is 6.96. The molecule has 144 valence electrons. The van der Waals surface area contributed by atoms with Crippen molar-refractivity contribution >= 4 is 32.8 Å². The number of benzene rings is 2. The summed E-state index contributed by atoms with van der Waals surface area (Å²) in [5, 5.41) is 0.467. The van der Waals surface area contributed by atoms with Crippen LogP contribution in [0.4, 0.5) is 0 Å². The lowest BCUT2D eigenvalue weighted by atomic mass is 10.1.